The van der Waals surface area contributed by atoms with Gasteiger partial charge in [0.2, 0.25) is 0 Å². The summed E-state index contributed by atoms with van der Waals surface area (Å²) in [4.78, 5) is 16.6. The van der Waals surface area contributed by atoms with Crippen LogP contribution in [0, 0.1) is 0 Å². The zero-order chi connectivity index (χ0) is 17.1. The SMILES string of the molecule is COc1ccc(NC(=O)c2ccc3cccc(O)c3n2)cc1OC. The maximum atomic E-state index is 12.4. The van der Waals surface area contributed by atoms with Gasteiger partial charge in [-0.3, -0.25) is 4.79 Å². The third kappa shape index (κ3) is 2.94. The number of hydrogen-bond acceptors (Lipinski definition) is 5. The second kappa shape index (κ2) is 6.45. The topological polar surface area (TPSA) is 80.7 Å². The molecule has 0 saturated carbocycles. The molecule has 0 bridgehead atoms. The third-order valence-corrected chi connectivity index (χ3v) is 3.57. The first-order chi connectivity index (χ1) is 11.6. The van der Waals surface area contributed by atoms with Crippen molar-refractivity contribution < 1.29 is 19.4 Å². The highest BCUT2D eigenvalue weighted by Gasteiger charge is 2.12. The molecule has 122 valence electrons. The van der Waals surface area contributed by atoms with Crippen molar-refractivity contribution >= 4 is 22.5 Å². The van der Waals surface area contributed by atoms with Gasteiger partial charge in [-0.1, -0.05) is 18.2 Å². The van der Waals surface area contributed by atoms with Crippen LogP contribution in [0.5, 0.6) is 17.2 Å². The molecule has 3 rings (SSSR count). The van der Waals surface area contributed by atoms with Gasteiger partial charge in [0, 0.05) is 17.1 Å². The van der Waals surface area contributed by atoms with Crippen molar-refractivity contribution in [3.63, 3.8) is 0 Å². The number of aromatic hydroxyl groups is 1. The molecule has 0 fully saturated rings. The van der Waals surface area contributed by atoms with Crippen LogP contribution in [0.15, 0.2) is 48.5 Å². The maximum absolute atomic E-state index is 12.4. The van der Waals surface area contributed by atoms with Gasteiger partial charge in [0.05, 0.1) is 14.2 Å². The molecule has 1 amide bonds. The van der Waals surface area contributed by atoms with E-state index in [4.69, 9.17) is 9.47 Å². The number of methoxy groups -OCH3 is 2. The number of anilines is 1. The summed E-state index contributed by atoms with van der Waals surface area (Å²) < 4.78 is 10.4. The molecule has 1 heterocycles. The van der Waals surface area contributed by atoms with Crippen molar-refractivity contribution in [1.29, 1.82) is 0 Å². The molecule has 2 aromatic carbocycles. The fourth-order valence-corrected chi connectivity index (χ4v) is 2.37. The van der Waals surface area contributed by atoms with Crippen molar-refractivity contribution in [2.75, 3.05) is 19.5 Å². The number of phenols is 1. The van der Waals surface area contributed by atoms with E-state index in [1.807, 2.05) is 6.07 Å². The lowest BCUT2D eigenvalue weighted by Gasteiger charge is -2.10. The summed E-state index contributed by atoms with van der Waals surface area (Å²) in [6.07, 6.45) is 0. The van der Waals surface area contributed by atoms with E-state index in [0.29, 0.717) is 22.7 Å². The lowest BCUT2D eigenvalue weighted by atomic mass is 10.2. The van der Waals surface area contributed by atoms with Crippen LogP contribution in [0.4, 0.5) is 5.69 Å². The molecule has 24 heavy (non-hydrogen) atoms. The average Bonchev–Trinajstić information content (AvgIpc) is 2.61. The zero-order valence-electron chi connectivity index (χ0n) is 13.2. The Morgan fingerprint density at radius 1 is 1.04 bits per heavy atom. The third-order valence-electron chi connectivity index (χ3n) is 3.57. The van der Waals surface area contributed by atoms with E-state index in [2.05, 4.69) is 10.3 Å². The number of carbonyl (C=O) groups is 1. The fourth-order valence-electron chi connectivity index (χ4n) is 2.37. The van der Waals surface area contributed by atoms with Gasteiger partial charge in [-0.25, -0.2) is 4.98 Å². The van der Waals surface area contributed by atoms with E-state index in [1.54, 1.807) is 43.5 Å². The molecule has 2 N–H and O–H groups in total. The molecule has 0 radical (unpaired) electrons. The number of amides is 1. The van der Waals surface area contributed by atoms with E-state index in [-0.39, 0.29) is 17.4 Å². The van der Waals surface area contributed by atoms with Crippen LogP contribution in [-0.2, 0) is 0 Å². The Bertz CT molecular complexity index is 909. The van der Waals surface area contributed by atoms with Crippen molar-refractivity contribution in [1.82, 2.24) is 4.98 Å². The molecule has 6 nitrogen and oxygen atoms in total. The number of nitrogens with one attached hydrogen (secondary N) is 1. The molecule has 6 heteroatoms. The molecule has 0 aliphatic carbocycles. The van der Waals surface area contributed by atoms with Gasteiger partial charge in [0.15, 0.2) is 11.5 Å². The lowest BCUT2D eigenvalue weighted by molar-refractivity contribution is 0.102. The molecule has 0 unspecified atom stereocenters. The number of pyridine rings is 1. The number of phenolic OH excluding ortho intramolecular Hbond substituents is 1. The minimum absolute atomic E-state index is 0.0354. The summed E-state index contributed by atoms with van der Waals surface area (Å²) in [5.74, 6) is 0.740. The number of para-hydroxylation sites is 1. The summed E-state index contributed by atoms with van der Waals surface area (Å²) in [6, 6.07) is 13.5. The molecular formula is C18H16N2O4. The van der Waals surface area contributed by atoms with E-state index >= 15 is 0 Å². The van der Waals surface area contributed by atoms with Crippen LogP contribution in [0.25, 0.3) is 10.9 Å². The van der Waals surface area contributed by atoms with E-state index in [9.17, 15) is 9.90 Å². The first-order valence-electron chi connectivity index (χ1n) is 7.24. The van der Waals surface area contributed by atoms with Gasteiger partial charge in [-0.05, 0) is 24.3 Å². The van der Waals surface area contributed by atoms with Gasteiger partial charge in [0.1, 0.15) is 17.0 Å². The van der Waals surface area contributed by atoms with Gasteiger partial charge in [-0.15, -0.1) is 0 Å². The summed E-state index contributed by atoms with van der Waals surface area (Å²) >= 11 is 0. The van der Waals surface area contributed by atoms with Gasteiger partial charge in [-0.2, -0.15) is 0 Å². The van der Waals surface area contributed by atoms with Crippen molar-refractivity contribution in [3.05, 3.63) is 54.2 Å². The molecule has 0 aliphatic rings. The highest BCUT2D eigenvalue weighted by molar-refractivity contribution is 6.04. The largest absolute Gasteiger partial charge is 0.506 e. The molecular weight excluding hydrogens is 308 g/mol. The van der Waals surface area contributed by atoms with Gasteiger partial charge >= 0.3 is 0 Å². The first-order valence-corrected chi connectivity index (χ1v) is 7.24. The number of rotatable bonds is 4. The fraction of sp³-hybridized carbons (Fsp3) is 0.111. The molecule has 1 aromatic heterocycles. The lowest BCUT2D eigenvalue weighted by Crippen LogP contribution is -2.13. The minimum Gasteiger partial charge on any atom is -0.506 e. The Labute approximate surface area is 138 Å². The molecule has 3 aromatic rings. The Hall–Kier alpha value is -3.28. The maximum Gasteiger partial charge on any atom is 0.274 e. The second-order valence-electron chi connectivity index (χ2n) is 5.07. The van der Waals surface area contributed by atoms with Crippen LogP contribution in [0.3, 0.4) is 0 Å². The van der Waals surface area contributed by atoms with E-state index in [1.165, 1.54) is 13.2 Å². The number of hydrogen-bond donors (Lipinski definition) is 2. The average molecular weight is 324 g/mol. The highest BCUT2D eigenvalue weighted by atomic mass is 16.5. The Balaban J connectivity index is 1.88. The molecule has 0 atom stereocenters. The van der Waals surface area contributed by atoms with Crippen LogP contribution in [-0.4, -0.2) is 30.2 Å². The summed E-state index contributed by atoms with van der Waals surface area (Å²) in [7, 11) is 3.07. The smallest absolute Gasteiger partial charge is 0.274 e. The van der Waals surface area contributed by atoms with Gasteiger partial charge in [0.25, 0.3) is 5.91 Å². The highest BCUT2D eigenvalue weighted by Crippen LogP contribution is 2.30. The number of benzene rings is 2. The van der Waals surface area contributed by atoms with E-state index < -0.39 is 0 Å². The normalized spacial score (nSPS) is 10.4. The summed E-state index contributed by atoms with van der Waals surface area (Å²) in [6.45, 7) is 0. The Morgan fingerprint density at radius 2 is 1.83 bits per heavy atom. The van der Waals surface area contributed by atoms with E-state index in [0.717, 1.165) is 5.39 Å². The number of fused-ring (bicyclic) bond motifs is 1. The number of carbonyl (C=O) groups excluding carboxylic acids is 1. The number of nitrogens with zero attached hydrogens (tertiary/aromatic N) is 1. The second-order valence-corrected chi connectivity index (χ2v) is 5.07. The summed E-state index contributed by atoms with van der Waals surface area (Å²) in [5.41, 5.74) is 1.15. The summed E-state index contributed by atoms with van der Waals surface area (Å²) in [5, 5.41) is 13.4. The van der Waals surface area contributed by atoms with Crippen LogP contribution >= 0.6 is 0 Å². The molecule has 0 spiro atoms. The van der Waals surface area contributed by atoms with Crippen LogP contribution in [0.2, 0.25) is 0 Å². The van der Waals surface area contributed by atoms with Gasteiger partial charge < -0.3 is 19.9 Å². The quantitative estimate of drug-likeness (QED) is 0.770. The molecule has 0 saturated heterocycles. The zero-order valence-corrected chi connectivity index (χ0v) is 13.2. The van der Waals surface area contributed by atoms with Crippen molar-refractivity contribution in [2.45, 2.75) is 0 Å². The predicted molar refractivity (Wildman–Crippen MR) is 90.9 cm³/mol. The van der Waals surface area contributed by atoms with Crippen molar-refractivity contribution in [2.24, 2.45) is 0 Å². The molecule has 0 aliphatic heterocycles. The Morgan fingerprint density at radius 3 is 2.58 bits per heavy atom. The first kappa shape index (κ1) is 15.6. The van der Waals surface area contributed by atoms with Crippen LogP contribution in [0.1, 0.15) is 10.5 Å². The van der Waals surface area contributed by atoms with Crippen LogP contribution < -0.4 is 14.8 Å². The standard InChI is InChI=1S/C18H16N2O4/c1-23-15-9-7-12(10-16(15)24-2)19-18(22)13-8-6-11-4-3-5-14(21)17(11)20-13/h3-10,21H,1-2H3,(H,19,22). The minimum atomic E-state index is -0.382. The van der Waals surface area contributed by atoms with Crippen molar-refractivity contribution in [3.8, 4) is 17.2 Å². The predicted octanol–water partition coefficient (Wildman–Crippen LogP) is 3.21. The Kier molecular flexibility index (Phi) is 4.20. The monoisotopic (exact) mass is 324 g/mol. The number of aromatic nitrogens is 1. The number of ether oxygens (including phenoxy) is 2.